The van der Waals surface area contributed by atoms with Crippen LogP contribution in [0.25, 0.3) is 22.2 Å². The van der Waals surface area contributed by atoms with Crippen LogP contribution in [0.15, 0.2) is 72.8 Å². The lowest BCUT2D eigenvalue weighted by atomic mass is 9.81. The number of carbonyl (C=O) groups is 4. The Morgan fingerprint density at radius 2 is 1.61 bits per heavy atom. The lowest BCUT2D eigenvalue weighted by Crippen LogP contribution is -2.30. The smallest absolute Gasteiger partial charge is 0.339 e. The first-order valence-corrected chi connectivity index (χ1v) is 15.3. The number of esters is 1. The monoisotopic (exact) mass is 632 g/mol. The molecule has 3 unspecified atom stereocenters. The fourth-order valence-electron chi connectivity index (χ4n) is 6.06. The summed E-state index contributed by atoms with van der Waals surface area (Å²) in [6.45, 7) is 0. The minimum Gasteiger partial charge on any atom is -0.450 e. The van der Waals surface area contributed by atoms with Gasteiger partial charge in [-0.3, -0.25) is 19.3 Å². The Labute approximate surface area is 262 Å². The van der Waals surface area contributed by atoms with Gasteiger partial charge in [0, 0.05) is 28.8 Å². The van der Waals surface area contributed by atoms with E-state index in [-0.39, 0.29) is 47.1 Å². The molecular weight excluding hydrogens is 606 g/mol. The number of fused-ring (bicyclic) bond motifs is 2. The lowest BCUT2D eigenvalue weighted by Gasteiger charge is -2.19. The van der Waals surface area contributed by atoms with Crippen LogP contribution in [0.1, 0.15) is 52.8 Å². The van der Waals surface area contributed by atoms with E-state index in [0.29, 0.717) is 32.9 Å². The van der Waals surface area contributed by atoms with Crippen molar-refractivity contribution >= 4 is 63.4 Å². The molecule has 2 amide bonds. The van der Waals surface area contributed by atoms with E-state index >= 15 is 0 Å². The van der Waals surface area contributed by atoms with Gasteiger partial charge < -0.3 is 4.74 Å². The molecule has 1 aromatic heterocycles. The number of aromatic nitrogens is 1. The number of para-hydroxylation sites is 1. The summed E-state index contributed by atoms with van der Waals surface area (Å²) < 4.78 is 19.1. The van der Waals surface area contributed by atoms with E-state index in [9.17, 15) is 23.6 Å². The van der Waals surface area contributed by atoms with Crippen LogP contribution in [-0.4, -0.2) is 40.5 Å². The van der Waals surface area contributed by atoms with Gasteiger partial charge in [-0.1, -0.05) is 48.7 Å². The fraction of sp³-hybridized carbons (Fsp3) is 0.265. The van der Waals surface area contributed by atoms with Gasteiger partial charge in [0.25, 0.3) is 0 Å². The zero-order chi connectivity index (χ0) is 31.0. The van der Waals surface area contributed by atoms with Crippen LogP contribution in [0, 0.1) is 17.7 Å². The number of alkyl halides is 1. The van der Waals surface area contributed by atoms with Crippen molar-refractivity contribution in [2.75, 3.05) is 10.8 Å². The van der Waals surface area contributed by atoms with E-state index in [2.05, 4.69) is 0 Å². The van der Waals surface area contributed by atoms with E-state index in [1.807, 2.05) is 0 Å². The van der Waals surface area contributed by atoms with Crippen LogP contribution >= 0.6 is 23.2 Å². The Morgan fingerprint density at radius 1 is 0.955 bits per heavy atom. The Bertz CT molecular complexity index is 1750. The minimum absolute atomic E-state index is 0.0505. The van der Waals surface area contributed by atoms with Gasteiger partial charge in [-0.05, 0) is 61.4 Å². The standard InChI is InChI=1S/C34H27Cl2FN2O5/c35-17-16-29(31(40)20-8-12-21(37)13-9-20)44-34(43)26-18-28(38-30-23(26)6-3-7-27(30)36)19-10-14-22(15-11-19)39-32(41)24-4-1-2-5-25(24)33(39)42/h3,6-15,18,24-25,29H,1-2,4-5,16-17H2. The van der Waals surface area contributed by atoms with Crippen LogP contribution < -0.4 is 4.90 Å². The number of rotatable bonds is 8. The number of amides is 2. The van der Waals surface area contributed by atoms with E-state index in [1.54, 1.807) is 48.5 Å². The Morgan fingerprint density at radius 3 is 2.25 bits per heavy atom. The number of halogens is 3. The number of Topliss-reactive ketones (excluding diaryl/α,β-unsaturated/α-hetero) is 1. The molecule has 2 fully saturated rings. The lowest BCUT2D eigenvalue weighted by molar-refractivity contribution is -0.122. The highest BCUT2D eigenvalue weighted by Crippen LogP contribution is 2.40. The number of hydrogen-bond acceptors (Lipinski definition) is 6. The average molecular weight is 634 g/mol. The van der Waals surface area contributed by atoms with Crippen molar-refractivity contribution in [3.05, 3.63) is 94.8 Å². The topological polar surface area (TPSA) is 93.6 Å². The number of nitrogens with zero attached hydrogens (tertiary/aromatic N) is 2. The van der Waals surface area contributed by atoms with E-state index in [0.717, 1.165) is 37.8 Å². The molecule has 0 spiro atoms. The molecule has 1 aliphatic heterocycles. The van der Waals surface area contributed by atoms with Gasteiger partial charge in [-0.15, -0.1) is 11.6 Å². The van der Waals surface area contributed by atoms with Gasteiger partial charge >= 0.3 is 5.97 Å². The molecule has 7 nitrogen and oxygen atoms in total. The van der Waals surface area contributed by atoms with Gasteiger partial charge in [0.2, 0.25) is 17.6 Å². The number of imide groups is 1. The second-order valence-electron chi connectivity index (χ2n) is 11.0. The van der Waals surface area contributed by atoms with Crippen molar-refractivity contribution in [2.45, 2.75) is 38.2 Å². The molecule has 2 aliphatic rings. The summed E-state index contributed by atoms with van der Waals surface area (Å²) in [7, 11) is 0. The summed E-state index contributed by atoms with van der Waals surface area (Å²) in [6, 6.07) is 18.4. The van der Waals surface area contributed by atoms with Crippen LogP contribution in [0.3, 0.4) is 0 Å². The number of anilines is 1. The van der Waals surface area contributed by atoms with Crippen molar-refractivity contribution in [3.8, 4) is 11.3 Å². The van der Waals surface area contributed by atoms with E-state index < -0.39 is 23.7 Å². The summed E-state index contributed by atoms with van der Waals surface area (Å²) in [6.07, 6.45) is 2.20. The molecule has 6 rings (SSSR count). The molecular formula is C34H27Cl2FN2O5. The highest BCUT2D eigenvalue weighted by Gasteiger charge is 2.48. The average Bonchev–Trinajstić information content (AvgIpc) is 3.30. The number of hydrogen-bond donors (Lipinski definition) is 0. The Balaban J connectivity index is 1.32. The summed E-state index contributed by atoms with van der Waals surface area (Å²) in [5.41, 5.74) is 2.18. The highest BCUT2D eigenvalue weighted by atomic mass is 35.5. The summed E-state index contributed by atoms with van der Waals surface area (Å²) in [5.74, 6) is -2.56. The Hall–Kier alpha value is -4.14. The van der Waals surface area contributed by atoms with Crippen LogP contribution in [0.2, 0.25) is 5.02 Å². The summed E-state index contributed by atoms with van der Waals surface area (Å²) in [4.78, 5) is 58.9. The summed E-state index contributed by atoms with van der Waals surface area (Å²) >= 11 is 12.4. The second kappa shape index (κ2) is 12.5. The summed E-state index contributed by atoms with van der Waals surface area (Å²) in [5, 5.41) is 0.739. The maximum atomic E-state index is 13.6. The van der Waals surface area contributed by atoms with Gasteiger partial charge in [-0.2, -0.15) is 0 Å². The SMILES string of the molecule is O=C(OC(CCCl)C(=O)c1ccc(F)cc1)c1cc(-c2ccc(N3C(=O)C4CCCCC4C3=O)cc2)nc2c(Cl)cccc12. The van der Waals surface area contributed by atoms with Gasteiger partial charge in [0.1, 0.15) is 5.82 Å². The molecule has 2 heterocycles. The largest absolute Gasteiger partial charge is 0.450 e. The molecule has 3 aromatic carbocycles. The molecule has 0 radical (unpaired) electrons. The third-order valence-corrected chi connectivity index (χ3v) is 8.84. The van der Waals surface area contributed by atoms with Crippen molar-refractivity contribution in [1.82, 2.24) is 4.98 Å². The van der Waals surface area contributed by atoms with Crippen LogP contribution in [-0.2, 0) is 14.3 Å². The third kappa shape index (κ3) is 5.60. The number of ketones is 1. The van der Waals surface area contributed by atoms with Crippen molar-refractivity contribution < 1.29 is 28.3 Å². The number of carbonyl (C=O) groups excluding carboxylic acids is 4. The molecule has 0 N–H and O–H groups in total. The van der Waals surface area contributed by atoms with Crippen molar-refractivity contribution in [2.24, 2.45) is 11.8 Å². The first kappa shape index (κ1) is 29.9. The predicted octanol–water partition coefficient (Wildman–Crippen LogP) is 7.41. The fourth-order valence-corrected chi connectivity index (χ4v) is 6.48. The maximum Gasteiger partial charge on any atom is 0.339 e. The zero-order valence-electron chi connectivity index (χ0n) is 23.5. The third-order valence-electron chi connectivity index (χ3n) is 8.31. The number of ether oxygens (including phenoxy) is 1. The highest BCUT2D eigenvalue weighted by molar-refractivity contribution is 6.35. The zero-order valence-corrected chi connectivity index (χ0v) is 25.0. The molecule has 224 valence electrons. The molecule has 44 heavy (non-hydrogen) atoms. The minimum atomic E-state index is -1.20. The van der Waals surface area contributed by atoms with Gasteiger partial charge in [0.15, 0.2) is 6.10 Å². The van der Waals surface area contributed by atoms with Crippen molar-refractivity contribution in [1.29, 1.82) is 0 Å². The normalized spacial score (nSPS) is 18.8. The molecule has 10 heteroatoms. The molecule has 4 aromatic rings. The first-order chi connectivity index (χ1) is 21.3. The molecule has 1 saturated carbocycles. The number of benzene rings is 3. The number of pyridine rings is 1. The molecule has 3 atom stereocenters. The first-order valence-electron chi connectivity index (χ1n) is 14.4. The molecule has 1 aliphatic carbocycles. The van der Waals surface area contributed by atoms with E-state index in [4.69, 9.17) is 32.9 Å². The predicted molar refractivity (Wildman–Crippen MR) is 165 cm³/mol. The Kier molecular flexibility index (Phi) is 8.47. The second-order valence-corrected chi connectivity index (χ2v) is 11.8. The van der Waals surface area contributed by atoms with Crippen LogP contribution in [0.4, 0.5) is 10.1 Å². The van der Waals surface area contributed by atoms with E-state index in [1.165, 1.54) is 17.0 Å². The van der Waals surface area contributed by atoms with Gasteiger partial charge in [-0.25, -0.2) is 14.2 Å². The quantitative estimate of drug-likeness (QED) is 0.0869. The van der Waals surface area contributed by atoms with Crippen molar-refractivity contribution in [3.63, 3.8) is 0 Å². The maximum absolute atomic E-state index is 13.6. The van der Waals surface area contributed by atoms with Crippen LogP contribution in [0.5, 0.6) is 0 Å². The molecule has 1 saturated heterocycles. The van der Waals surface area contributed by atoms with Gasteiger partial charge in [0.05, 0.1) is 39.3 Å². The molecule has 0 bridgehead atoms.